The van der Waals surface area contributed by atoms with E-state index in [2.05, 4.69) is 0 Å². The lowest BCUT2D eigenvalue weighted by molar-refractivity contribution is -0.123. The average Bonchev–Trinajstić information content (AvgIpc) is 2.18. The molecule has 2 heteroatoms. The largest absolute Gasteiger partial charge is 0.299 e. The molecule has 1 unspecified atom stereocenters. The van der Waals surface area contributed by atoms with Gasteiger partial charge in [0.25, 0.3) is 0 Å². The van der Waals surface area contributed by atoms with Crippen LogP contribution in [0.4, 0.5) is 0 Å². The molecule has 0 spiro atoms. The zero-order valence-corrected chi connectivity index (χ0v) is 8.42. The molecule has 2 aliphatic rings. The number of hydrogen-bond donors (Lipinski definition) is 0. The van der Waals surface area contributed by atoms with Gasteiger partial charge in [-0.05, 0) is 31.8 Å². The first-order valence-electron chi connectivity index (χ1n) is 5.53. The second kappa shape index (κ2) is 4.07. The van der Waals surface area contributed by atoms with Crippen molar-refractivity contribution in [2.45, 2.75) is 44.9 Å². The van der Waals surface area contributed by atoms with E-state index in [0.29, 0.717) is 12.2 Å². The van der Waals surface area contributed by atoms with E-state index in [0.717, 1.165) is 44.1 Å². The molecule has 1 fully saturated rings. The molecule has 0 radical (unpaired) electrons. The maximum Gasteiger partial charge on any atom is 0.155 e. The number of allylic oxidation sites excluding steroid dienone is 2. The fraction of sp³-hybridized carbons (Fsp3) is 0.667. The Morgan fingerprint density at radius 3 is 2.57 bits per heavy atom. The highest BCUT2D eigenvalue weighted by Crippen LogP contribution is 2.31. The monoisotopic (exact) mass is 192 g/mol. The molecular weight excluding hydrogens is 176 g/mol. The summed E-state index contributed by atoms with van der Waals surface area (Å²) in [5, 5.41) is 0. The van der Waals surface area contributed by atoms with Crippen LogP contribution in [-0.2, 0) is 9.59 Å². The summed E-state index contributed by atoms with van der Waals surface area (Å²) in [4.78, 5) is 22.9. The van der Waals surface area contributed by atoms with Crippen molar-refractivity contribution in [2.75, 3.05) is 0 Å². The van der Waals surface area contributed by atoms with Crippen LogP contribution in [0.1, 0.15) is 44.9 Å². The maximum atomic E-state index is 11.6. The number of carbonyl (C=O) groups excluding carboxylic acids is 2. The first kappa shape index (κ1) is 9.63. The van der Waals surface area contributed by atoms with E-state index in [9.17, 15) is 9.59 Å². The van der Waals surface area contributed by atoms with Crippen molar-refractivity contribution in [3.05, 3.63) is 11.6 Å². The number of ketones is 2. The maximum absolute atomic E-state index is 11.6. The molecule has 14 heavy (non-hydrogen) atoms. The Hall–Kier alpha value is -0.920. The van der Waals surface area contributed by atoms with E-state index in [1.165, 1.54) is 0 Å². The fourth-order valence-electron chi connectivity index (χ4n) is 2.47. The van der Waals surface area contributed by atoms with E-state index in [1.807, 2.05) is 0 Å². The second-order valence-corrected chi connectivity index (χ2v) is 4.30. The van der Waals surface area contributed by atoms with Gasteiger partial charge in [-0.15, -0.1) is 0 Å². The summed E-state index contributed by atoms with van der Waals surface area (Å²) in [6.45, 7) is 0. The highest BCUT2D eigenvalue weighted by molar-refractivity contribution is 5.93. The van der Waals surface area contributed by atoms with Crippen molar-refractivity contribution in [3.63, 3.8) is 0 Å². The molecule has 1 atom stereocenters. The predicted molar refractivity (Wildman–Crippen MR) is 53.9 cm³/mol. The molecule has 0 heterocycles. The van der Waals surface area contributed by atoms with Gasteiger partial charge in [-0.25, -0.2) is 0 Å². The molecule has 0 aliphatic heterocycles. The molecule has 2 rings (SSSR count). The molecule has 0 aromatic heterocycles. The van der Waals surface area contributed by atoms with Crippen molar-refractivity contribution in [3.8, 4) is 0 Å². The van der Waals surface area contributed by atoms with Gasteiger partial charge in [0.05, 0.1) is 0 Å². The SMILES string of the molecule is O=C1C=C(C2CCCCC2=O)CCC1. The summed E-state index contributed by atoms with van der Waals surface area (Å²) in [7, 11) is 0. The summed E-state index contributed by atoms with van der Waals surface area (Å²) < 4.78 is 0. The second-order valence-electron chi connectivity index (χ2n) is 4.30. The average molecular weight is 192 g/mol. The van der Waals surface area contributed by atoms with Crippen molar-refractivity contribution < 1.29 is 9.59 Å². The lowest BCUT2D eigenvalue weighted by atomic mass is 9.79. The standard InChI is InChI=1S/C12H16O2/c13-10-5-3-4-9(8-10)11-6-1-2-7-12(11)14/h8,11H,1-7H2. The Morgan fingerprint density at radius 2 is 1.86 bits per heavy atom. The molecule has 2 aliphatic carbocycles. The van der Waals surface area contributed by atoms with E-state index < -0.39 is 0 Å². The Morgan fingerprint density at radius 1 is 1.00 bits per heavy atom. The minimum Gasteiger partial charge on any atom is -0.299 e. The zero-order chi connectivity index (χ0) is 9.97. The zero-order valence-electron chi connectivity index (χ0n) is 8.42. The van der Waals surface area contributed by atoms with E-state index in [1.54, 1.807) is 6.08 Å². The van der Waals surface area contributed by atoms with Gasteiger partial charge in [0.2, 0.25) is 0 Å². The van der Waals surface area contributed by atoms with Crippen LogP contribution < -0.4 is 0 Å². The summed E-state index contributed by atoms with van der Waals surface area (Å²) in [5.74, 6) is 0.662. The molecule has 0 aromatic carbocycles. The molecule has 76 valence electrons. The molecule has 0 aromatic rings. The predicted octanol–water partition coefficient (Wildman–Crippen LogP) is 2.43. The number of hydrogen-bond acceptors (Lipinski definition) is 2. The van der Waals surface area contributed by atoms with E-state index in [4.69, 9.17) is 0 Å². The fourth-order valence-corrected chi connectivity index (χ4v) is 2.47. The minimum atomic E-state index is 0.0907. The summed E-state index contributed by atoms with van der Waals surface area (Å²) in [6, 6.07) is 0. The van der Waals surface area contributed by atoms with Gasteiger partial charge in [-0.3, -0.25) is 9.59 Å². The van der Waals surface area contributed by atoms with Crippen LogP contribution >= 0.6 is 0 Å². The van der Waals surface area contributed by atoms with Crippen molar-refractivity contribution in [1.82, 2.24) is 0 Å². The summed E-state index contributed by atoms with van der Waals surface area (Å²) in [5.41, 5.74) is 1.12. The number of Topliss-reactive ketones (excluding diaryl/α,β-unsaturated/α-hetero) is 1. The van der Waals surface area contributed by atoms with Crippen LogP contribution in [0.15, 0.2) is 11.6 Å². The van der Waals surface area contributed by atoms with Crippen LogP contribution in [0.3, 0.4) is 0 Å². The van der Waals surface area contributed by atoms with Crippen LogP contribution in [0.5, 0.6) is 0 Å². The van der Waals surface area contributed by atoms with Gasteiger partial charge >= 0.3 is 0 Å². The van der Waals surface area contributed by atoms with Gasteiger partial charge in [0.15, 0.2) is 5.78 Å². The first-order chi connectivity index (χ1) is 6.77. The van der Waals surface area contributed by atoms with Gasteiger partial charge in [0, 0.05) is 18.8 Å². The van der Waals surface area contributed by atoms with Gasteiger partial charge in [-0.1, -0.05) is 12.0 Å². The molecule has 0 N–H and O–H groups in total. The Kier molecular flexibility index (Phi) is 2.80. The summed E-state index contributed by atoms with van der Waals surface area (Å²) >= 11 is 0. The van der Waals surface area contributed by atoms with Gasteiger partial charge < -0.3 is 0 Å². The molecule has 0 bridgehead atoms. The number of rotatable bonds is 1. The highest BCUT2D eigenvalue weighted by atomic mass is 16.1. The van der Waals surface area contributed by atoms with Crippen LogP contribution in [0, 0.1) is 5.92 Å². The molecule has 0 amide bonds. The Bertz CT molecular complexity index is 289. The van der Waals surface area contributed by atoms with Crippen LogP contribution in [0.25, 0.3) is 0 Å². The van der Waals surface area contributed by atoms with Crippen molar-refractivity contribution in [1.29, 1.82) is 0 Å². The summed E-state index contributed by atoms with van der Waals surface area (Å²) in [6.07, 6.45) is 8.17. The topological polar surface area (TPSA) is 34.1 Å². The van der Waals surface area contributed by atoms with Gasteiger partial charge in [0.1, 0.15) is 5.78 Å². The van der Waals surface area contributed by atoms with Crippen LogP contribution in [-0.4, -0.2) is 11.6 Å². The Balaban J connectivity index is 2.12. The molecule has 0 saturated heterocycles. The Labute approximate surface area is 84.4 Å². The molecule has 2 nitrogen and oxygen atoms in total. The lowest BCUT2D eigenvalue weighted by Crippen LogP contribution is -2.23. The van der Waals surface area contributed by atoms with Crippen molar-refractivity contribution in [2.24, 2.45) is 5.92 Å². The first-order valence-corrected chi connectivity index (χ1v) is 5.53. The number of carbonyl (C=O) groups is 2. The lowest BCUT2D eigenvalue weighted by Gasteiger charge is -2.24. The van der Waals surface area contributed by atoms with E-state index in [-0.39, 0.29) is 11.7 Å². The highest BCUT2D eigenvalue weighted by Gasteiger charge is 2.27. The smallest absolute Gasteiger partial charge is 0.155 e. The minimum absolute atomic E-state index is 0.0907. The van der Waals surface area contributed by atoms with Crippen LogP contribution in [0.2, 0.25) is 0 Å². The molecular formula is C12H16O2. The van der Waals surface area contributed by atoms with E-state index >= 15 is 0 Å². The molecule has 1 saturated carbocycles. The normalized spacial score (nSPS) is 28.9. The third-order valence-electron chi connectivity index (χ3n) is 3.24. The van der Waals surface area contributed by atoms with Crippen molar-refractivity contribution >= 4 is 11.6 Å². The van der Waals surface area contributed by atoms with Gasteiger partial charge in [-0.2, -0.15) is 0 Å². The third kappa shape index (κ3) is 1.94. The quantitative estimate of drug-likeness (QED) is 0.639. The third-order valence-corrected chi connectivity index (χ3v) is 3.24.